The van der Waals surface area contributed by atoms with Crippen LogP contribution >= 0.6 is 0 Å². The molecule has 4 nitrogen and oxygen atoms in total. The van der Waals surface area contributed by atoms with Crippen LogP contribution in [-0.4, -0.2) is 17.2 Å². The topological polar surface area (TPSA) is 51.0 Å². The third-order valence-corrected chi connectivity index (χ3v) is 0.825. The van der Waals surface area contributed by atoms with Gasteiger partial charge < -0.3 is 4.74 Å². The van der Waals surface area contributed by atoms with Gasteiger partial charge in [0, 0.05) is 0 Å². The van der Waals surface area contributed by atoms with Gasteiger partial charge in [0.2, 0.25) is 0 Å². The van der Waals surface area contributed by atoms with E-state index in [1.165, 1.54) is 0 Å². The summed E-state index contributed by atoms with van der Waals surface area (Å²) < 4.78 is 4.93. The lowest BCUT2D eigenvalue weighted by molar-refractivity contribution is 0.0585. The monoisotopic (exact) mass is 186 g/mol. The third kappa shape index (κ3) is 8.98. The minimum atomic E-state index is -0.637. The largest absolute Gasteiger partial charge is 0.452 e. The molecule has 76 valence electrons. The normalized spacial score (nSPS) is 13.4. The zero-order valence-corrected chi connectivity index (χ0v) is 9.21. The zero-order chi connectivity index (χ0) is 10.7. The van der Waals surface area contributed by atoms with E-state index in [9.17, 15) is 4.79 Å². The molecule has 0 unspecified atom stereocenters. The molecule has 0 radical (unpaired) electrons. The van der Waals surface area contributed by atoms with Crippen molar-refractivity contribution in [2.75, 3.05) is 0 Å². The Kier molecular flexibility index (Phi) is 3.58. The van der Waals surface area contributed by atoms with Crippen LogP contribution in [0.25, 0.3) is 0 Å². The van der Waals surface area contributed by atoms with Crippen LogP contribution in [0.15, 0.2) is 10.2 Å². The number of carbonyl (C=O) groups excluding carboxylic acids is 1. The SMILES string of the molecule is CC(C)(C)N=NC(=O)OC(C)(C)C. The molecule has 0 bridgehead atoms. The van der Waals surface area contributed by atoms with Crippen LogP contribution in [0.4, 0.5) is 4.79 Å². The minimum absolute atomic E-state index is 0.336. The maximum Gasteiger partial charge on any atom is 0.452 e. The van der Waals surface area contributed by atoms with Crippen molar-refractivity contribution in [2.45, 2.75) is 52.7 Å². The van der Waals surface area contributed by atoms with Crippen LogP contribution in [0, 0.1) is 0 Å². The van der Waals surface area contributed by atoms with Gasteiger partial charge in [-0.3, -0.25) is 0 Å². The first-order valence-electron chi connectivity index (χ1n) is 4.26. The van der Waals surface area contributed by atoms with E-state index >= 15 is 0 Å². The molecular weight excluding hydrogens is 168 g/mol. The lowest BCUT2D eigenvalue weighted by Gasteiger charge is -2.17. The highest BCUT2D eigenvalue weighted by atomic mass is 16.6. The van der Waals surface area contributed by atoms with E-state index < -0.39 is 11.7 Å². The highest BCUT2D eigenvalue weighted by molar-refractivity contribution is 5.67. The van der Waals surface area contributed by atoms with E-state index in [1.807, 2.05) is 20.8 Å². The van der Waals surface area contributed by atoms with Crippen molar-refractivity contribution in [3.05, 3.63) is 0 Å². The van der Waals surface area contributed by atoms with Crippen LogP contribution in [0.2, 0.25) is 0 Å². The summed E-state index contributed by atoms with van der Waals surface area (Å²) in [4.78, 5) is 11.0. The second-order valence-corrected chi connectivity index (χ2v) is 4.85. The predicted octanol–water partition coefficient (Wildman–Crippen LogP) is 3.17. The van der Waals surface area contributed by atoms with Crippen molar-refractivity contribution in [3.63, 3.8) is 0 Å². The smallest absolute Gasteiger partial charge is 0.441 e. The Labute approximate surface area is 79.4 Å². The molecule has 0 N–H and O–H groups in total. The van der Waals surface area contributed by atoms with Crippen LogP contribution in [0.1, 0.15) is 41.5 Å². The summed E-state index contributed by atoms with van der Waals surface area (Å²) >= 11 is 0. The summed E-state index contributed by atoms with van der Waals surface area (Å²) in [6.07, 6.45) is -0.637. The van der Waals surface area contributed by atoms with Crippen molar-refractivity contribution in [1.82, 2.24) is 0 Å². The lowest BCUT2D eigenvalue weighted by Crippen LogP contribution is -2.22. The average Bonchev–Trinajstić information content (AvgIpc) is 1.78. The summed E-state index contributed by atoms with van der Waals surface area (Å²) in [5.41, 5.74) is -0.842. The van der Waals surface area contributed by atoms with Gasteiger partial charge in [-0.1, -0.05) is 5.11 Å². The Hall–Kier alpha value is -0.930. The molecule has 0 atom stereocenters. The van der Waals surface area contributed by atoms with E-state index in [1.54, 1.807) is 20.8 Å². The summed E-state index contributed by atoms with van der Waals surface area (Å²) in [6, 6.07) is 0. The van der Waals surface area contributed by atoms with Crippen molar-refractivity contribution >= 4 is 6.09 Å². The van der Waals surface area contributed by atoms with Crippen molar-refractivity contribution in [1.29, 1.82) is 0 Å². The van der Waals surface area contributed by atoms with Crippen molar-refractivity contribution in [2.24, 2.45) is 10.2 Å². The first kappa shape index (κ1) is 12.1. The molecule has 0 aliphatic rings. The van der Waals surface area contributed by atoms with Gasteiger partial charge in [-0.25, -0.2) is 4.79 Å². The first-order chi connectivity index (χ1) is 5.60. The van der Waals surface area contributed by atoms with Gasteiger partial charge in [0.05, 0.1) is 5.54 Å². The van der Waals surface area contributed by atoms with Gasteiger partial charge >= 0.3 is 6.09 Å². The number of amides is 1. The highest BCUT2D eigenvalue weighted by Crippen LogP contribution is 2.11. The molecule has 0 rings (SSSR count). The number of ether oxygens (including phenoxy) is 1. The number of rotatable bonds is 0. The lowest BCUT2D eigenvalue weighted by atomic mass is 10.1. The Morgan fingerprint density at radius 1 is 1.08 bits per heavy atom. The molecule has 0 heterocycles. The zero-order valence-electron chi connectivity index (χ0n) is 9.21. The van der Waals surface area contributed by atoms with Gasteiger partial charge in [0.15, 0.2) is 0 Å². The quantitative estimate of drug-likeness (QED) is 0.545. The number of nitrogens with zero attached hydrogens (tertiary/aromatic N) is 2. The van der Waals surface area contributed by atoms with Gasteiger partial charge in [-0.15, -0.1) is 0 Å². The standard InChI is InChI=1S/C9H18N2O2/c1-8(2,3)11-10-7(12)13-9(4,5)6/h1-6H3. The number of azo groups is 1. The fraction of sp³-hybridized carbons (Fsp3) is 0.889. The number of hydrogen-bond donors (Lipinski definition) is 0. The predicted molar refractivity (Wildman–Crippen MR) is 50.8 cm³/mol. The summed E-state index contributed by atoms with van der Waals surface area (Å²) in [5.74, 6) is 0. The summed E-state index contributed by atoms with van der Waals surface area (Å²) in [6.45, 7) is 11.0. The third-order valence-electron chi connectivity index (χ3n) is 0.825. The van der Waals surface area contributed by atoms with E-state index in [-0.39, 0.29) is 5.54 Å². The van der Waals surface area contributed by atoms with Gasteiger partial charge in [0.1, 0.15) is 5.60 Å². The first-order valence-corrected chi connectivity index (χ1v) is 4.26. The average molecular weight is 186 g/mol. The highest BCUT2D eigenvalue weighted by Gasteiger charge is 2.16. The van der Waals surface area contributed by atoms with Gasteiger partial charge in [-0.2, -0.15) is 5.11 Å². The molecule has 0 aliphatic heterocycles. The molecule has 0 aliphatic carbocycles. The molecular formula is C9H18N2O2. The number of carbonyl (C=O) groups is 1. The number of hydrogen-bond acceptors (Lipinski definition) is 3. The molecule has 0 saturated heterocycles. The van der Waals surface area contributed by atoms with Crippen LogP contribution in [0.3, 0.4) is 0 Å². The molecule has 0 saturated carbocycles. The summed E-state index contributed by atoms with van der Waals surface area (Å²) in [7, 11) is 0. The van der Waals surface area contributed by atoms with Crippen LogP contribution < -0.4 is 0 Å². The second kappa shape index (κ2) is 3.85. The van der Waals surface area contributed by atoms with E-state index in [0.717, 1.165) is 0 Å². The van der Waals surface area contributed by atoms with E-state index in [4.69, 9.17) is 4.74 Å². The Morgan fingerprint density at radius 3 is 1.85 bits per heavy atom. The minimum Gasteiger partial charge on any atom is -0.441 e. The van der Waals surface area contributed by atoms with Crippen molar-refractivity contribution in [3.8, 4) is 0 Å². The Balaban J connectivity index is 4.11. The van der Waals surface area contributed by atoms with Gasteiger partial charge in [-0.05, 0) is 41.5 Å². The van der Waals surface area contributed by atoms with Gasteiger partial charge in [0.25, 0.3) is 0 Å². The molecule has 0 aromatic carbocycles. The maximum atomic E-state index is 11.0. The molecule has 4 heteroatoms. The molecule has 13 heavy (non-hydrogen) atoms. The van der Waals surface area contributed by atoms with E-state index in [0.29, 0.717) is 0 Å². The fourth-order valence-corrected chi connectivity index (χ4v) is 0.473. The molecule has 0 spiro atoms. The van der Waals surface area contributed by atoms with E-state index in [2.05, 4.69) is 10.2 Å². The van der Waals surface area contributed by atoms with Crippen LogP contribution in [0.5, 0.6) is 0 Å². The Bertz CT molecular complexity index is 209. The molecule has 0 aromatic heterocycles. The molecule has 1 amide bonds. The Morgan fingerprint density at radius 2 is 1.54 bits per heavy atom. The van der Waals surface area contributed by atoms with Crippen LogP contribution in [-0.2, 0) is 4.74 Å². The molecule has 0 fully saturated rings. The second-order valence-electron chi connectivity index (χ2n) is 4.85. The fourth-order valence-electron chi connectivity index (χ4n) is 0.473. The maximum absolute atomic E-state index is 11.0. The molecule has 0 aromatic rings. The van der Waals surface area contributed by atoms with Crippen molar-refractivity contribution < 1.29 is 9.53 Å². The summed E-state index contributed by atoms with van der Waals surface area (Å²) in [5, 5.41) is 7.24.